The number of hydrogen-bond donors (Lipinski definition) is 1. The summed E-state index contributed by atoms with van der Waals surface area (Å²) < 4.78 is 0. The normalized spacial score (nSPS) is 15.6. The molecule has 0 saturated heterocycles. The Bertz CT molecular complexity index is 496. The largest absolute Gasteiger partial charge is 0.385 e. The van der Waals surface area contributed by atoms with Gasteiger partial charge < -0.3 is 5.73 Å². The number of carbonyl (C=O) groups is 1. The van der Waals surface area contributed by atoms with Gasteiger partial charge in [0.05, 0.1) is 12.1 Å². The van der Waals surface area contributed by atoms with Gasteiger partial charge in [0, 0.05) is 5.02 Å². The summed E-state index contributed by atoms with van der Waals surface area (Å²) in [6, 6.07) is 3.67. The van der Waals surface area contributed by atoms with Crippen LogP contribution in [0.3, 0.4) is 0 Å². The summed E-state index contributed by atoms with van der Waals surface area (Å²) in [4.78, 5) is 11.6. The van der Waals surface area contributed by atoms with E-state index < -0.39 is 0 Å². The van der Waals surface area contributed by atoms with Crippen molar-refractivity contribution >= 4 is 29.0 Å². The van der Waals surface area contributed by atoms with Crippen LogP contribution in [-0.2, 0) is 4.79 Å². The van der Waals surface area contributed by atoms with E-state index in [1.807, 2.05) is 26.0 Å². The average Bonchev–Trinajstić information content (AvgIpc) is 2.51. The fourth-order valence-corrected chi connectivity index (χ4v) is 1.85. The fraction of sp³-hybridized carbons (Fsp3) is 0.273. The van der Waals surface area contributed by atoms with Gasteiger partial charge in [-0.1, -0.05) is 11.6 Å². The molecular weight excluding hydrogens is 226 g/mol. The van der Waals surface area contributed by atoms with E-state index in [4.69, 9.17) is 17.3 Å². The number of anilines is 1. The van der Waals surface area contributed by atoms with Crippen LogP contribution in [-0.4, -0.2) is 11.7 Å². The maximum absolute atomic E-state index is 11.6. The minimum absolute atomic E-state index is 0.109. The summed E-state index contributed by atoms with van der Waals surface area (Å²) in [6.07, 6.45) is 0.182. The Morgan fingerprint density at radius 2 is 2.06 bits per heavy atom. The minimum Gasteiger partial charge on any atom is -0.385 e. The van der Waals surface area contributed by atoms with Crippen LogP contribution in [0.15, 0.2) is 17.2 Å². The van der Waals surface area contributed by atoms with Gasteiger partial charge in [0.25, 0.3) is 5.91 Å². The Morgan fingerprint density at radius 1 is 1.38 bits per heavy atom. The number of nitrogens with zero attached hydrogens (tertiary/aromatic N) is 2. The second kappa shape index (κ2) is 3.79. The van der Waals surface area contributed by atoms with Crippen molar-refractivity contribution in [2.45, 2.75) is 20.3 Å². The van der Waals surface area contributed by atoms with Crippen molar-refractivity contribution in [3.63, 3.8) is 0 Å². The zero-order valence-electron chi connectivity index (χ0n) is 9.12. The van der Waals surface area contributed by atoms with Gasteiger partial charge in [0.2, 0.25) is 0 Å². The molecule has 1 aliphatic heterocycles. The SMILES string of the molecule is Cc1cc(N2N=C(N)CC2=O)c(C)cc1Cl. The Balaban J connectivity index is 2.49. The molecule has 2 N–H and O–H groups in total. The van der Waals surface area contributed by atoms with Gasteiger partial charge in [0.1, 0.15) is 5.84 Å². The van der Waals surface area contributed by atoms with E-state index in [1.165, 1.54) is 5.01 Å². The van der Waals surface area contributed by atoms with Gasteiger partial charge in [-0.05, 0) is 37.1 Å². The molecule has 1 heterocycles. The van der Waals surface area contributed by atoms with Crippen molar-refractivity contribution in [3.8, 4) is 0 Å². The van der Waals surface area contributed by atoms with Crippen LogP contribution in [0.1, 0.15) is 17.5 Å². The zero-order chi connectivity index (χ0) is 11.9. The third kappa shape index (κ3) is 1.76. The summed E-state index contributed by atoms with van der Waals surface area (Å²) in [6.45, 7) is 3.77. The van der Waals surface area contributed by atoms with E-state index in [-0.39, 0.29) is 12.3 Å². The lowest BCUT2D eigenvalue weighted by atomic mass is 10.1. The minimum atomic E-state index is -0.109. The van der Waals surface area contributed by atoms with E-state index in [0.29, 0.717) is 10.9 Å². The molecule has 0 aliphatic carbocycles. The quantitative estimate of drug-likeness (QED) is 0.812. The summed E-state index contributed by atoms with van der Waals surface area (Å²) in [5.41, 5.74) is 8.09. The van der Waals surface area contributed by atoms with Crippen LogP contribution in [0.25, 0.3) is 0 Å². The first-order valence-electron chi connectivity index (χ1n) is 4.91. The molecule has 0 aromatic heterocycles. The molecule has 0 radical (unpaired) electrons. The van der Waals surface area contributed by atoms with Gasteiger partial charge in [0.15, 0.2) is 0 Å². The summed E-state index contributed by atoms with van der Waals surface area (Å²) in [7, 11) is 0. The van der Waals surface area contributed by atoms with Crippen LogP contribution in [0.2, 0.25) is 5.02 Å². The van der Waals surface area contributed by atoms with Gasteiger partial charge in [-0.2, -0.15) is 10.1 Å². The number of halogens is 1. The van der Waals surface area contributed by atoms with Crippen molar-refractivity contribution in [1.29, 1.82) is 0 Å². The number of hydrogen-bond acceptors (Lipinski definition) is 3. The van der Waals surface area contributed by atoms with Crippen LogP contribution >= 0.6 is 11.6 Å². The number of amidine groups is 1. The highest BCUT2D eigenvalue weighted by Crippen LogP contribution is 2.29. The van der Waals surface area contributed by atoms with Gasteiger partial charge in [-0.25, -0.2) is 0 Å². The second-order valence-corrected chi connectivity index (χ2v) is 4.27. The zero-order valence-corrected chi connectivity index (χ0v) is 9.88. The van der Waals surface area contributed by atoms with E-state index in [0.717, 1.165) is 16.8 Å². The maximum Gasteiger partial charge on any atom is 0.255 e. The molecule has 0 bridgehead atoms. The first kappa shape index (κ1) is 11.0. The van der Waals surface area contributed by atoms with E-state index in [2.05, 4.69) is 5.10 Å². The molecular formula is C11H12ClN3O. The second-order valence-electron chi connectivity index (χ2n) is 3.86. The van der Waals surface area contributed by atoms with Crippen LogP contribution in [0, 0.1) is 13.8 Å². The van der Waals surface area contributed by atoms with E-state index >= 15 is 0 Å². The molecule has 0 atom stereocenters. The molecule has 0 saturated carbocycles. The molecule has 4 nitrogen and oxygen atoms in total. The predicted octanol–water partition coefficient (Wildman–Crippen LogP) is 1.97. The maximum atomic E-state index is 11.6. The van der Waals surface area contributed by atoms with Crippen molar-refractivity contribution in [3.05, 3.63) is 28.3 Å². The number of hydrazone groups is 1. The molecule has 1 aromatic rings. The van der Waals surface area contributed by atoms with E-state index in [9.17, 15) is 4.79 Å². The number of carbonyl (C=O) groups excluding carboxylic acids is 1. The number of nitrogens with two attached hydrogens (primary N) is 1. The number of rotatable bonds is 1. The van der Waals surface area contributed by atoms with Crippen molar-refractivity contribution < 1.29 is 4.79 Å². The molecule has 0 unspecified atom stereocenters. The predicted molar refractivity (Wildman–Crippen MR) is 64.7 cm³/mol. The topological polar surface area (TPSA) is 58.7 Å². The number of amides is 1. The first-order valence-corrected chi connectivity index (χ1v) is 5.29. The smallest absolute Gasteiger partial charge is 0.255 e. The van der Waals surface area contributed by atoms with Crippen molar-refractivity contribution in [1.82, 2.24) is 0 Å². The Hall–Kier alpha value is -1.55. The van der Waals surface area contributed by atoms with Crippen molar-refractivity contribution in [2.75, 3.05) is 5.01 Å². The number of aryl methyl sites for hydroxylation is 2. The van der Waals surface area contributed by atoms with Gasteiger partial charge in [-0.3, -0.25) is 4.79 Å². The highest BCUT2D eigenvalue weighted by atomic mass is 35.5. The molecule has 1 aliphatic rings. The summed E-state index contributed by atoms with van der Waals surface area (Å²) in [5.74, 6) is 0.235. The van der Waals surface area contributed by atoms with Crippen LogP contribution < -0.4 is 10.7 Å². The van der Waals surface area contributed by atoms with E-state index in [1.54, 1.807) is 0 Å². The lowest BCUT2D eigenvalue weighted by molar-refractivity contribution is -0.116. The lowest BCUT2D eigenvalue weighted by Crippen LogP contribution is -2.20. The third-order valence-electron chi connectivity index (χ3n) is 2.50. The first-order chi connectivity index (χ1) is 7.49. The summed E-state index contributed by atoms with van der Waals surface area (Å²) in [5, 5.41) is 6.03. The molecule has 0 fully saturated rings. The molecule has 2 rings (SSSR count). The van der Waals surface area contributed by atoms with Crippen LogP contribution in [0.4, 0.5) is 5.69 Å². The number of benzene rings is 1. The monoisotopic (exact) mass is 237 g/mol. The lowest BCUT2D eigenvalue weighted by Gasteiger charge is -2.15. The third-order valence-corrected chi connectivity index (χ3v) is 2.91. The average molecular weight is 238 g/mol. The highest BCUT2D eigenvalue weighted by Gasteiger charge is 2.25. The highest BCUT2D eigenvalue weighted by molar-refractivity contribution is 6.31. The Labute approximate surface area is 98.7 Å². The molecule has 1 aromatic carbocycles. The Morgan fingerprint density at radius 3 is 2.62 bits per heavy atom. The van der Waals surface area contributed by atoms with Crippen LogP contribution in [0.5, 0.6) is 0 Å². The Kier molecular flexibility index (Phi) is 2.59. The molecule has 0 spiro atoms. The standard InChI is InChI=1S/C11H12ClN3O/c1-6-4-9(7(2)3-8(6)12)15-11(16)5-10(13)14-15/h3-4H,5H2,1-2H3,(H2,13,14). The molecule has 16 heavy (non-hydrogen) atoms. The summed E-state index contributed by atoms with van der Waals surface area (Å²) >= 11 is 5.99. The van der Waals surface area contributed by atoms with Crippen molar-refractivity contribution in [2.24, 2.45) is 10.8 Å². The van der Waals surface area contributed by atoms with Gasteiger partial charge >= 0.3 is 0 Å². The molecule has 84 valence electrons. The molecule has 5 heteroatoms. The fourth-order valence-electron chi connectivity index (χ4n) is 1.63. The van der Waals surface area contributed by atoms with Gasteiger partial charge in [-0.15, -0.1) is 0 Å². The molecule has 1 amide bonds.